The third kappa shape index (κ3) is 4.55. The van der Waals surface area contributed by atoms with Gasteiger partial charge >= 0.3 is 12.1 Å². The molecule has 2 N–H and O–H groups in total. The normalized spacial score (nSPS) is 13.8. The minimum atomic E-state index is -1.08. The van der Waals surface area contributed by atoms with E-state index < -0.39 is 18.1 Å². The van der Waals surface area contributed by atoms with E-state index in [0.29, 0.717) is 0 Å². The zero-order chi connectivity index (χ0) is 22.9. The highest BCUT2D eigenvalue weighted by atomic mass is 32.1. The minimum Gasteiger partial charge on any atom is -0.480 e. The van der Waals surface area contributed by atoms with Crippen LogP contribution in [0.15, 0.2) is 60.7 Å². The summed E-state index contributed by atoms with van der Waals surface area (Å²) < 4.78 is 5.51. The Balaban J connectivity index is 1.41. The van der Waals surface area contributed by atoms with Crippen LogP contribution in [0.25, 0.3) is 11.1 Å². The highest BCUT2D eigenvalue weighted by molar-refractivity contribution is 7.12. The van der Waals surface area contributed by atoms with Crippen LogP contribution in [0.4, 0.5) is 4.79 Å². The number of thiophene rings is 1. The molecule has 1 unspecified atom stereocenters. The maximum Gasteiger partial charge on any atom is 0.407 e. The molecular formula is C26H27NO4S. The number of aliphatic carboxylic acids is 1. The van der Waals surface area contributed by atoms with E-state index in [1.807, 2.05) is 48.5 Å². The van der Waals surface area contributed by atoms with Crippen LogP contribution in [0.5, 0.6) is 0 Å². The van der Waals surface area contributed by atoms with Crippen molar-refractivity contribution in [3.05, 3.63) is 81.5 Å². The average molecular weight is 450 g/mol. The first-order chi connectivity index (χ1) is 15.2. The van der Waals surface area contributed by atoms with Gasteiger partial charge in [0.25, 0.3) is 0 Å². The summed E-state index contributed by atoms with van der Waals surface area (Å²) in [5.74, 6) is -1.15. The summed E-state index contributed by atoms with van der Waals surface area (Å²) in [4.78, 5) is 26.4. The topological polar surface area (TPSA) is 75.6 Å². The quantitative estimate of drug-likeness (QED) is 0.515. The lowest BCUT2D eigenvalue weighted by Crippen LogP contribution is -2.42. The molecule has 1 atom stereocenters. The van der Waals surface area contributed by atoms with Gasteiger partial charge in [0.15, 0.2) is 0 Å². The van der Waals surface area contributed by atoms with Crippen LogP contribution in [-0.2, 0) is 21.4 Å². The molecular weight excluding hydrogens is 422 g/mol. The third-order valence-electron chi connectivity index (χ3n) is 5.74. The fourth-order valence-electron chi connectivity index (χ4n) is 4.07. The number of hydrogen-bond acceptors (Lipinski definition) is 4. The van der Waals surface area contributed by atoms with Crippen molar-refractivity contribution in [2.45, 2.75) is 44.6 Å². The van der Waals surface area contributed by atoms with Gasteiger partial charge in [-0.3, -0.25) is 0 Å². The summed E-state index contributed by atoms with van der Waals surface area (Å²) in [6, 6.07) is 19.1. The number of hydrogen-bond donors (Lipinski definition) is 2. The molecule has 5 nitrogen and oxygen atoms in total. The van der Waals surface area contributed by atoms with E-state index in [2.05, 4.69) is 38.2 Å². The fraction of sp³-hybridized carbons (Fsp3) is 0.308. The van der Waals surface area contributed by atoms with Gasteiger partial charge in [-0.25, -0.2) is 9.59 Å². The summed E-state index contributed by atoms with van der Waals surface area (Å²) >= 11 is 1.58. The molecule has 4 rings (SSSR count). The highest BCUT2D eigenvalue weighted by Crippen LogP contribution is 2.44. The van der Waals surface area contributed by atoms with Crippen LogP contribution in [0.3, 0.4) is 0 Å². The molecule has 166 valence electrons. The summed E-state index contributed by atoms with van der Waals surface area (Å²) in [6.45, 7) is 6.50. The monoisotopic (exact) mass is 449 g/mol. The van der Waals surface area contributed by atoms with Gasteiger partial charge in [0.2, 0.25) is 0 Å². The zero-order valence-electron chi connectivity index (χ0n) is 18.4. The van der Waals surface area contributed by atoms with Gasteiger partial charge in [-0.15, -0.1) is 11.3 Å². The van der Waals surface area contributed by atoms with E-state index in [4.69, 9.17) is 4.74 Å². The van der Waals surface area contributed by atoms with Gasteiger partial charge in [-0.2, -0.15) is 0 Å². The van der Waals surface area contributed by atoms with E-state index in [-0.39, 0.29) is 24.4 Å². The Morgan fingerprint density at radius 3 is 2.12 bits per heavy atom. The average Bonchev–Trinajstić information content (AvgIpc) is 3.35. The fourth-order valence-corrected chi connectivity index (χ4v) is 5.19. The number of carboxylic acids is 1. The van der Waals surface area contributed by atoms with Crippen molar-refractivity contribution in [3.63, 3.8) is 0 Å². The van der Waals surface area contributed by atoms with Gasteiger partial charge in [0.05, 0.1) is 0 Å². The van der Waals surface area contributed by atoms with Crippen molar-refractivity contribution in [3.8, 4) is 11.1 Å². The van der Waals surface area contributed by atoms with E-state index >= 15 is 0 Å². The van der Waals surface area contributed by atoms with Crippen LogP contribution in [0, 0.1) is 0 Å². The standard InChI is InChI=1S/C26H27NO4S/c1-26(2,3)23-13-12-16(32-23)14-22(24(28)29)27-25(30)31-15-21-19-10-6-4-8-17(19)18-9-5-7-11-20(18)21/h4-13,21-22H,14-15H2,1-3H3,(H,27,30)(H,28,29). The summed E-state index contributed by atoms with van der Waals surface area (Å²) in [6.07, 6.45) is -0.493. The van der Waals surface area contributed by atoms with E-state index in [1.165, 1.54) is 4.88 Å². The molecule has 0 radical (unpaired) electrons. The SMILES string of the molecule is CC(C)(C)c1ccc(CC(NC(=O)OCC2c3ccccc3-c3ccccc32)C(=O)O)s1. The minimum absolute atomic E-state index is 0.00185. The molecule has 1 amide bonds. The van der Waals surface area contributed by atoms with Crippen LogP contribution >= 0.6 is 11.3 Å². The van der Waals surface area contributed by atoms with E-state index in [9.17, 15) is 14.7 Å². The number of carbonyl (C=O) groups excluding carboxylic acids is 1. The number of carboxylic acid groups (broad SMARTS) is 1. The molecule has 1 aliphatic carbocycles. The predicted molar refractivity (Wildman–Crippen MR) is 126 cm³/mol. The molecule has 3 aromatic rings. The molecule has 1 aromatic heterocycles. The molecule has 2 aromatic carbocycles. The molecule has 0 fully saturated rings. The number of benzene rings is 2. The number of ether oxygens (including phenoxy) is 1. The first kappa shape index (κ1) is 22.1. The largest absolute Gasteiger partial charge is 0.480 e. The van der Waals surface area contributed by atoms with Crippen molar-refractivity contribution in [1.29, 1.82) is 0 Å². The van der Waals surface area contributed by atoms with Crippen LogP contribution in [0.1, 0.15) is 47.6 Å². The summed E-state index contributed by atoms with van der Waals surface area (Å²) in [5.41, 5.74) is 4.52. The number of nitrogens with one attached hydrogen (secondary N) is 1. The Kier molecular flexibility index (Phi) is 6.07. The lowest BCUT2D eigenvalue weighted by molar-refractivity contribution is -0.139. The molecule has 6 heteroatoms. The number of amides is 1. The van der Waals surface area contributed by atoms with Crippen LogP contribution in [0.2, 0.25) is 0 Å². The number of carbonyl (C=O) groups is 2. The number of alkyl carbamates (subject to hydrolysis) is 1. The van der Waals surface area contributed by atoms with Crippen molar-refractivity contribution >= 4 is 23.4 Å². The second kappa shape index (κ2) is 8.79. The molecule has 32 heavy (non-hydrogen) atoms. The Morgan fingerprint density at radius 1 is 1.00 bits per heavy atom. The van der Waals surface area contributed by atoms with Gasteiger partial charge in [0.1, 0.15) is 12.6 Å². The van der Waals surface area contributed by atoms with Crippen molar-refractivity contribution < 1.29 is 19.4 Å². The Hall–Kier alpha value is -3.12. The maximum absolute atomic E-state index is 12.5. The van der Waals surface area contributed by atoms with Crippen LogP contribution < -0.4 is 5.32 Å². The Bertz CT molecular complexity index is 1100. The van der Waals surface area contributed by atoms with Gasteiger partial charge in [-0.1, -0.05) is 69.3 Å². The van der Waals surface area contributed by atoms with Gasteiger partial charge in [-0.05, 0) is 39.8 Å². The van der Waals surface area contributed by atoms with Gasteiger partial charge in [0, 0.05) is 22.1 Å². The highest BCUT2D eigenvalue weighted by Gasteiger charge is 2.30. The van der Waals surface area contributed by atoms with E-state index in [0.717, 1.165) is 27.1 Å². The molecule has 0 aliphatic heterocycles. The number of fused-ring (bicyclic) bond motifs is 3. The zero-order valence-corrected chi connectivity index (χ0v) is 19.2. The summed E-state index contributed by atoms with van der Waals surface area (Å²) in [5, 5.41) is 12.2. The first-order valence-corrected chi connectivity index (χ1v) is 11.5. The molecule has 1 heterocycles. The second-order valence-electron chi connectivity index (χ2n) is 9.08. The summed E-state index contributed by atoms with van der Waals surface area (Å²) in [7, 11) is 0. The third-order valence-corrected chi connectivity index (χ3v) is 7.27. The van der Waals surface area contributed by atoms with Crippen molar-refractivity contribution in [1.82, 2.24) is 5.32 Å². The van der Waals surface area contributed by atoms with Crippen LogP contribution in [-0.4, -0.2) is 29.8 Å². The Morgan fingerprint density at radius 2 is 1.59 bits per heavy atom. The molecule has 0 saturated heterocycles. The second-order valence-corrected chi connectivity index (χ2v) is 10.2. The van der Waals surface area contributed by atoms with Crippen molar-refractivity contribution in [2.75, 3.05) is 6.61 Å². The van der Waals surface area contributed by atoms with E-state index in [1.54, 1.807) is 11.3 Å². The molecule has 0 saturated carbocycles. The Labute approximate surface area is 192 Å². The molecule has 1 aliphatic rings. The molecule has 0 spiro atoms. The van der Waals surface area contributed by atoms with Crippen molar-refractivity contribution in [2.24, 2.45) is 0 Å². The maximum atomic E-state index is 12.5. The number of rotatable bonds is 6. The smallest absolute Gasteiger partial charge is 0.407 e. The van der Waals surface area contributed by atoms with Gasteiger partial charge < -0.3 is 15.2 Å². The lowest BCUT2D eigenvalue weighted by atomic mass is 9.95. The predicted octanol–water partition coefficient (Wildman–Crippen LogP) is 5.58. The lowest BCUT2D eigenvalue weighted by Gasteiger charge is -2.17. The molecule has 0 bridgehead atoms. The first-order valence-electron chi connectivity index (χ1n) is 10.7.